The van der Waals surface area contributed by atoms with Crippen molar-refractivity contribution >= 4 is 23.3 Å². The quantitative estimate of drug-likeness (QED) is 0.441. The molecule has 30 heavy (non-hydrogen) atoms. The standard InChI is InChI=1S/C23H19ClN4O2/c1-15-7-5-6-10-19(15)25-23(29)26-20(16-11-13-18(24)14-12-16)22-28-27-21(30-22)17-8-3-2-4-9-17/h2-14,20H,1H3,(H2,25,26,29)/t20-/m0/s1. The number of hydrogen-bond acceptors (Lipinski definition) is 4. The molecule has 0 unspecified atom stereocenters. The molecular formula is C23H19ClN4O2. The second-order valence-electron chi connectivity index (χ2n) is 6.71. The third kappa shape index (κ3) is 4.50. The fraction of sp³-hybridized carbons (Fsp3) is 0.0870. The van der Waals surface area contributed by atoms with E-state index in [1.165, 1.54) is 0 Å². The first kappa shape index (κ1) is 19.7. The number of benzene rings is 3. The third-order valence-corrected chi connectivity index (χ3v) is 4.83. The van der Waals surface area contributed by atoms with Gasteiger partial charge in [-0.05, 0) is 48.4 Å². The van der Waals surface area contributed by atoms with Gasteiger partial charge in [0.1, 0.15) is 6.04 Å². The van der Waals surface area contributed by atoms with Gasteiger partial charge in [0.25, 0.3) is 0 Å². The molecule has 0 saturated carbocycles. The highest BCUT2D eigenvalue weighted by molar-refractivity contribution is 6.30. The number of nitrogens with zero attached hydrogens (tertiary/aromatic N) is 2. The summed E-state index contributed by atoms with van der Waals surface area (Å²) in [6, 6.07) is 23.1. The molecule has 4 aromatic rings. The Hall–Kier alpha value is -3.64. The van der Waals surface area contributed by atoms with Crippen molar-refractivity contribution in [1.29, 1.82) is 0 Å². The summed E-state index contributed by atoms with van der Waals surface area (Å²) >= 11 is 6.03. The van der Waals surface area contributed by atoms with E-state index in [0.29, 0.717) is 10.9 Å². The SMILES string of the molecule is Cc1ccccc1NC(=O)N[C@@H](c1ccc(Cl)cc1)c1nnc(-c2ccccc2)o1. The van der Waals surface area contributed by atoms with E-state index in [1.807, 2.05) is 73.7 Å². The molecule has 0 aliphatic carbocycles. The summed E-state index contributed by atoms with van der Waals surface area (Å²) in [5.74, 6) is 0.654. The zero-order valence-corrected chi connectivity index (χ0v) is 16.9. The Balaban J connectivity index is 1.62. The van der Waals surface area contributed by atoms with Gasteiger partial charge in [-0.2, -0.15) is 0 Å². The number of para-hydroxylation sites is 1. The molecule has 0 aliphatic rings. The lowest BCUT2D eigenvalue weighted by Crippen LogP contribution is -2.33. The van der Waals surface area contributed by atoms with Crippen molar-refractivity contribution in [2.45, 2.75) is 13.0 Å². The topological polar surface area (TPSA) is 80.0 Å². The van der Waals surface area contributed by atoms with Gasteiger partial charge in [0.15, 0.2) is 0 Å². The lowest BCUT2D eigenvalue weighted by molar-refractivity contribution is 0.248. The summed E-state index contributed by atoms with van der Waals surface area (Å²) in [6.45, 7) is 1.93. The van der Waals surface area contributed by atoms with E-state index in [1.54, 1.807) is 12.1 Å². The Morgan fingerprint density at radius 1 is 0.933 bits per heavy atom. The zero-order chi connectivity index (χ0) is 20.9. The number of aryl methyl sites for hydroxylation is 1. The van der Waals surface area contributed by atoms with Crippen LogP contribution in [0.2, 0.25) is 5.02 Å². The molecule has 0 saturated heterocycles. The molecule has 1 heterocycles. The lowest BCUT2D eigenvalue weighted by Gasteiger charge is -2.17. The Morgan fingerprint density at radius 2 is 1.63 bits per heavy atom. The maximum absolute atomic E-state index is 12.7. The van der Waals surface area contributed by atoms with Crippen LogP contribution < -0.4 is 10.6 Å². The summed E-state index contributed by atoms with van der Waals surface area (Å²) in [7, 11) is 0. The maximum Gasteiger partial charge on any atom is 0.320 e. The molecule has 0 fully saturated rings. The van der Waals surface area contributed by atoms with Crippen molar-refractivity contribution < 1.29 is 9.21 Å². The fourth-order valence-electron chi connectivity index (χ4n) is 2.99. The number of rotatable bonds is 5. The van der Waals surface area contributed by atoms with Gasteiger partial charge in [-0.1, -0.05) is 60.1 Å². The van der Waals surface area contributed by atoms with E-state index in [-0.39, 0.29) is 11.9 Å². The van der Waals surface area contributed by atoms with E-state index in [9.17, 15) is 4.79 Å². The summed E-state index contributed by atoms with van der Waals surface area (Å²) < 4.78 is 5.89. The minimum Gasteiger partial charge on any atom is -0.418 e. The minimum atomic E-state index is -0.642. The fourth-order valence-corrected chi connectivity index (χ4v) is 3.12. The van der Waals surface area contributed by atoms with Crippen LogP contribution in [0, 0.1) is 6.92 Å². The molecular weight excluding hydrogens is 400 g/mol. The Kier molecular flexibility index (Phi) is 5.77. The van der Waals surface area contributed by atoms with Crippen molar-refractivity contribution in [3.05, 3.63) is 101 Å². The number of nitrogens with one attached hydrogen (secondary N) is 2. The van der Waals surface area contributed by atoms with E-state index in [0.717, 1.165) is 22.4 Å². The minimum absolute atomic E-state index is 0.274. The molecule has 0 aliphatic heterocycles. The Bertz CT molecular complexity index is 1140. The van der Waals surface area contributed by atoms with Crippen LogP contribution in [0.3, 0.4) is 0 Å². The molecule has 2 amide bonds. The number of carbonyl (C=O) groups is 1. The van der Waals surface area contributed by atoms with Crippen molar-refractivity contribution in [3.8, 4) is 11.5 Å². The Labute approximate surface area is 178 Å². The number of anilines is 1. The van der Waals surface area contributed by atoms with Gasteiger partial charge < -0.3 is 15.1 Å². The first-order valence-electron chi connectivity index (χ1n) is 9.37. The average Bonchev–Trinajstić information content (AvgIpc) is 3.25. The molecule has 1 atom stereocenters. The predicted molar refractivity (Wildman–Crippen MR) is 116 cm³/mol. The summed E-state index contributed by atoms with van der Waals surface area (Å²) in [4.78, 5) is 12.7. The number of halogens is 1. The second-order valence-corrected chi connectivity index (χ2v) is 7.15. The summed E-state index contributed by atoms with van der Waals surface area (Å²) in [5.41, 5.74) is 3.25. The Morgan fingerprint density at radius 3 is 2.37 bits per heavy atom. The van der Waals surface area contributed by atoms with Crippen LogP contribution in [0.5, 0.6) is 0 Å². The first-order valence-corrected chi connectivity index (χ1v) is 9.75. The van der Waals surface area contributed by atoms with E-state index in [4.69, 9.17) is 16.0 Å². The molecule has 6 nitrogen and oxygen atoms in total. The highest BCUT2D eigenvalue weighted by Gasteiger charge is 2.24. The van der Waals surface area contributed by atoms with Crippen LogP contribution in [0.15, 0.2) is 83.3 Å². The molecule has 0 bridgehead atoms. The molecule has 0 spiro atoms. The van der Waals surface area contributed by atoms with Gasteiger partial charge in [0, 0.05) is 16.3 Å². The van der Waals surface area contributed by atoms with Gasteiger partial charge in [0.05, 0.1) is 0 Å². The average molecular weight is 419 g/mol. The molecule has 3 aromatic carbocycles. The largest absolute Gasteiger partial charge is 0.418 e. The number of aromatic nitrogens is 2. The van der Waals surface area contributed by atoms with Crippen LogP contribution in [0.4, 0.5) is 10.5 Å². The van der Waals surface area contributed by atoms with Crippen LogP contribution in [0.25, 0.3) is 11.5 Å². The smallest absolute Gasteiger partial charge is 0.320 e. The summed E-state index contributed by atoms with van der Waals surface area (Å²) in [5, 5.41) is 14.7. The molecule has 0 radical (unpaired) electrons. The van der Waals surface area contributed by atoms with Crippen LogP contribution in [0.1, 0.15) is 23.1 Å². The molecule has 4 rings (SSSR count). The molecule has 150 valence electrons. The van der Waals surface area contributed by atoms with Gasteiger partial charge >= 0.3 is 6.03 Å². The number of amides is 2. The van der Waals surface area contributed by atoms with Crippen LogP contribution in [-0.4, -0.2) is 16.2 Å². The third-order valence-electron chi connectivity index (χ3n) is 4.58. The van der Waals surface area contributed by atoms with E-state index < -0.39 is 6.04 Å². The second kappa shape index (κ2) is 8.80. The van der Waals surface area contributed by atoms with Crippen molar-refractivity contribution in [3.63, 3.8) is 0 Å². The van der Waals surface area contributed by atoms with Crippen molar-refractivity contribution in [2.24, 2.45) is 0 Å². The van der Waals surface area contributed by atoms with Gasteiger partial charge in [-0.3, -0.25) is 0 Å². The van der Waals surface area contributed by atoms with Crippen LogP contribution in [-0.2, 0) is 0 Å². The highest BCUT2D eigenvalue weighted by atomic mass is 35.5. The number of hydrogen-bond donors (Lipinski definition) is 2. The van der Waals surface area contributed by atoms with E-state index in [2.05, 4.69) is 20.8 Å². The lowest BCUT2D eigenvalue weighted by atomic mass is 10.1. The first-order chi connectivity index (χ1) is 14.6. The molecule has 1 aromatic heterocycles. The number of urea groups is 1. The highest BCUT2D eigenvalue weighted by Crippen LogP contribution is 2.26. The molecule has 2 N–H and O–H groups in total. The van der Waals surface area contributed by atoms with Gasteiger partial charge in [-0.15, -0.1) is 10.2 Å². The normalized spacial score (nSPS) is 11.7. The molecule has 7 heteroatoms. The number of carbonyl (C=O) groups excluding carboxylic acids is 1. The van der Waals surface area contributed by atoms with Crippen molar-refractivity contribution in [1.82, 2.24) is 15.5 Å². The predicted octanol–water partition coefficient (Wildman–Crippen LogP) is 5.61. The maximum atomic E-state index is 12.7. The van der Waals surface area contributed by atoms with Crippen LogP contribution >= 0.6 is 11.6 Å². The summed E-state index contributed by atoms with van der Waals surface area (Å²) in [6.07, 6.45) is 0. The van der Waals surface area contributed by atoms with Crippen molar-refractivity contribution in [2.75, 3.05) is 5.32 Å². The van der Waals surface area contributed by atoms with Gasteiger partial charge in [0.2, 0.25) is 11.8 Å². The monoisotopic (exact) mass is 418 g/mol. The zero-order valence-electron chi connectivity index (χ0n) is 16.2. The van der Waals surface area contributed by atoms with E-state index >= 15 is 0 Å². The van der Waals surface area contributed by atoms with Gasteiger partial charge in [-0.25, -0.2) is 4.79 Å².